The van der Waals surface area contributed by atoms with Gasteiger partial charge in [0, 0.05) is 23.6 Å². The number of para-hydroxylation sites is 1. The Morgan fingerprint density at radius 2 is 1.81 bits per heavy atom. The Morgan fingerprint density at radius 3 is 2.58 bits per heavy atom. The van der Waals surface area contributed by atoms with Crippen molar-refractivity contribution in [3.05, 3.63) is 71.9 Å². The number of benzene rings is 2. The summed E-state index contributed by atoms with van der Waals surface area (Å²) >= 11 is 0. The summed E-state index contributed by atoms with van der Waals surface area (Å²) in [6.45, 7) is 2.28. The summed E-state index contributed by atoms with van der Waals surface area (Å²) in [5.74, 6) is -0.200. The van der Waals surface area contributed by atoms with Crippen LogP contribution in [0.15, 0.2) is 60.8 Å². The maximum atomic E-state index is 12.6. The van der Waals surface area contributed by atoms with E-state index < -0.39 is 6.09 Å². The number of carbonyl (C=O) groups is 2. The van der Waals surface area contributed by atoms with Crippen molar-refractivity contribution in [1.29, 1.82) is 0 Å². The number of alkyl carbamates (subject to hydrolysis) is 1. The zero-order valence-electron chi connectivity index (χ0n) is 14.5. The number of aromatic amines is 1. The van der Waals surface area contributed by atoms with Gasteiger partial charge in [-0.3, -0.25) is 4.79 Å². The van der Waals surface area contributed by atoms with Crippen LogP contribution in [0.1, 0.15) is 28.9 Å². The molecule has 6 heteroatoms. The van der Waals surface area contributed by atoms with Crippen molar-refractivity contribution in [3.8, 4) is 0 Å². The molecular weight excluding hydrogens is 330 g/mol. The van der Waals surface area contributed by atoms with Crippen LogP contribution >= 0.6 is 0 Å². The van der Waals surface area contributed by atoms with Crippen LogP contribution in [0.4, 0.5) is 4.79 Å². The van der Waals surface area contributed by atoms with Crippen LogP contribution < -0.4 is 10.6 Å². The minimum absolute atomic E-state index is 0.200. The lowest BCUT2D eigenvalue weighted by Gasteiger charge is -2.19. The van der Waals surface area contributed by atoms with E-state index in [1.54, 1.807) is 13.1 Å². The average molecular weight is 351 g/mol. The molecule has 3 aromatic rings. The lowest BCUT2D eigenvalue weighted by Crippen LogP contribution is -2.38. The average Bonchev–Trinajstić information content (AvgIpc) is 3.10. The molecule has 1 heterocycles. The first-order chi connectivity index (χ1) is 12.7. The highest BCUT2D eigenvalue weighted by molar-refractivity contribution is 6.06. The molecule has 0 aliphatic heterocycles. The van der Waals surface area contributed by atoms with Crippen molar-refractivity contribution >= 4 is 22.9 Å². The van der Waals surface area contributed by atoms with E-state index in [0.29, 0.717) is 5.56 Å². The van der Waals surface area contributed by atoms with Crippen LogP contribution in [0, 0.1) is 0 Å². The first-order valence-corrected chi connectivity index (χ1v) is 8.51. The predicted octanol–water partition coefficient (Wildman–Crippen LogP) is 3.39. The topological polar surface area (TPSA) is 83.2 Å². The normalized spacial score (nSPS) is 11.7. The van der Waals surface area contributed by atoms with Gasteiger partial charge < -0.3 is 20.4 Å². The second kappa shape index (κ2) is 8.20. The SMILES string of the molecule is CCOC(=O)N[C@@H](CNC(=O)c1c[nH]c2ccccc12)c1ccccc1. The first kappa shape index (κ1) is 17.5. The number of carbonyl (C=O) groups excluding carboxylic acids is 2. The van der Waals surface area contributed by atoms with Crippen molar-refractivity contribution in [1.82, 2.24) is 15.6 Å². The van der Waals surface area contributed by atoms with Crippen molar-refractivity contribution in [2.45, 2.75) is 13.0 Å². The molecule has 3 rings (SSSR count). The third-order valence-corrected chi connectivity index (χ3v) is 4.07. The van der Waals surface area contributed by atoms with Gasteiger partial charge >= 0.3 is 6.09 Å². The van der Waals surface area contributed by atoms with Crippen LogP contribution in [0.25, 0.3) is 10.9 Å². The molecule has 2 aromatic carbocycles. The second-order valence-electron chi connectivity index (χ2n) is 5.79. The zero-order valence-corrected chi connectivity index (χ0v) is 14.5. The van der Waals surface area contributed by atoms with Gasteiger partial charge in [0.1, 0.15) is 0 Å². The second-order valence-corrected chi connectivity index (χ2v) is 5.79. The van der Waals surface area contributed by atoms with E-state index in [4.69, 9.17) is 4.74 Å². The molecule has 3 N–H and O–H groups in total. The molecule has 0 unspecified atom stereocenters. The molecule has 134 valence electrons. The van der Waals surface area contributed by atoms with E-state index in [0.717, 1.165) is 16.5 Å². The molecule has 0 aliphatic rings. The number of fused-ring (bicyclic) bond motifs is 1. The number of H-pyrrole nitrogens is 1. The summed E-state index contributed by atoms with van der Waals surface area (Å²) in [5, 5.41) is 6.54. The Balaban J connectivity index is 1.72. The van der Waals surface area contributed by atoms with E-state index in [2.05, 4.69) is 15.6 Å². The molecule has 0 saturated carbocycles. The summed E-state index contributed by atoms with van der Waals surface area (Å²) < 4.78 is 4.96. The highest BCUT2D eigenvalue weighted by Gasteiger charge is 2.18. The van der Waals surface area contributed by atoms with Gasteiger partial charge in [0.15, 0.2) is 0 Å². The van der Waals surface area contributed by atoms with Crippen LogP contribution in [-0.2, 0) is 4.74 Å². The maximum absolute atomic E-state index is 12.6. The fourth-order valence-corrected chi connectivity index (χ4v) is 2.80. The summed E-state index contributed by atoms with van der Waals surface area (Å²) in [4.78, 5) is 27.5. The van der Waals surface area contributed by atoms with E-state index in [-0.39, 0.29) is 25.1 Å². The van der Waals surface area contributed by atoms with Crippen LogP contribution in [0.5, 0.6) is 0 Å². The molecule has 0 saturated heterocycles. The van der Waals surface area contributed by atoms with Crippen molar-refractivity contribution in [2.24, 2.45) is 0 Å². The molecule has 0 fully saturated rings. The number of aromatic nitrogens is 1. The summed E-state index contributed by atoms with van der Waals surface area (Å²) in [7, 11) is 0. The van der Waals surface area contributed by atoms with Gasteiger partial charge in [-0.25, -0.2) is 4.79 Å². The first-order valence-electron chi connectivity index (χ1n) is 8.51. The van der Waals surface area contributed by atoms with E-state index in [1.807, 2.05) is 54.6 Å². The Labute approximate surface area is 151 Å². The minimum Gasteiger partial charge on any atom is -0.450 e. The molecule has 0 spiro atoms. The third kappa shape index (κ3) is 4.03. The molecule has 2 amide bonds. The van der Waals surface area contributed by atoms with Gasteiger partial charge in [-0.1, -0.05) is 48.5 Å². The van der Waals surface area contributed by atoms with Gasteiger partial charge in [-0.2, -0.15) is 0 Å². The molecule has 0 bridgehead atoms. The van der Waals surface area contributed by atoms with Crippen molar-refractivity contribution in [2.75, 3.05) is 13.2 Å². The molecule has 0 aliphatic carbocycles. The van der Waals surface area contributed by atoms with Crippen LogP contribution in [0.2, 0.25) is 0 Å². The number of nitrogens with one attached hydrogen (secondary N) is 3. The third-order valence-electron chi connectivity index (χ3n) is 4.07. The molecule has 1 atom stereocenters. The summed E-state index contributed by atoms with van der Waals surface area (Å²) in [6, 6.07) is 16.7. The highest BCUT2D eigenvalue weighted by Crippen LogP contribution is 2.18. The van der Waals surface area contributed by atoms with Crippen molar-refractivity contribution in [3.63, 3.8) is 0 Å². The smallest absolute Gasteiger partial charge is 0.407 e. The van der Waals surface area contributed by atoms with Crippen molar-refractivity contribution < 1.29 is 14.3 Å². The molecule has 0 radical (unpaired) electrons. The largest absolute Gasteiger partial charge is 0.450 e. The molecular formula is C20H21N3O3. The fourth-order valence-electron chi connectivity index (χ4n) is 2.80. The monoisotopic (exact) mass is 351 g/mol. The summed E-state index contributed by atoms with van der Waals surface area (Å²) in [5.41, 5.74) is 2.37. The van der Waals surface area contributed by atoms with Gasteiger partial charge in [0.05, 0.1) is 18.2 Å². The number of amides is 2. The predicted molar refractivity (Wildman–Crippen MR) is 100.0 cm³/mol. The van der Waals surface area contributed by atoms with E-state index in [9.17, 15) is 9.59 Å². The van der Waals surface area contributed by atoms with E-state index >= 15 is 0 Å². The quantitative estimate of drug-likeness (QED) is 0.636. The van der Waals surface area contributed by atoms with Gasteiger partial charge in [-0.15, -0.1) is 0 Å². The fraction of sp³-hybridized carbons (Fsp3) is 0.200. The number of hydrogen-bond acceptors (Lipinski definition) is 3. The summed E-state index contributed by atoms with van der Waals surface area (Å²) in [6.07, 6.45) is 1.18. The lowest BCUT2D eigenvalue weighted by atomic mass is 10.1. The Hall–Kier alpha value is -3.28. The van der Waals surface area contributed by atoms with Gasteiger partial charge in [-0.05, 0) is 18.6 Å². The minimum atomic E-state index is -0.511. The zero-order chi connectivity index (χ0) is 18.4. The standard InChI is InChI=1S/C20H21N3O3/c1-2-26-20(25)23-18(14-8-4-3-5-9-14)13-22-19(24)16-12-21-17-11-7-6-10-15(16)17/h3-12,18,21H,2,13H2,1H3,(H,22,24)(H,23,25)/t18-/m0/s1. The Bertz CT molecular complexity index is 889. The van der Waals surface area contributed by atoms with Crippen LogP contribution in [-0.4, -0.2) is 30.1 Å². The van der Waals surface area contributed by atoms with Gasteiger partial charge in [0.25, 0.3) is 5.91 Å². The lowest BCUT2D eigenvalue weighted by molar-refractivity contribution is 0.0948. The number of hydrogen-bond donors (Lipinski definition) is 3. The van der Waals surface area contributed by atoms with Crippen LogP contribution in [0.3, 0.4) is 0 Å². The number of ether oxygens (including phenoxy) is 1. The molecule has 26 heavy (non-hydrogen) atoms. The Kier molecular flexibility index (Phi) is 5.53. The molecule has 1 aromatic heterocycles. The number of rotatable bonds is 6. The molecule has 6 nitrogen and oxygen atoms in total. The Morgan fingerprint density at radius 1 is 1.08 bits per heavy atom. The van der Waals surface area contributed by atoms with Gasteiger partial charge in [0.2, 0.25) is 0 Å². The highest BCUT2D eigenvalue weighted by atomic mass is 16.5. The van der Waals surface area contributed by atoms with E-state index in [1.165, 1.54) is 0 Å². The maximum Gasteiger partial charge on any atom is 0.407 e.